The van der Waals surface area contributed by atoms with Crippen molar-refractivity contribution in [1.82, 2.24) is 24.5 Å². The molecule has 0 aliphatic carbocycles. The third-order valence-corrected chi connectivity index (χ3v) is 4.79. The summed E-state index contributed by atoms with van der Waals surface area (Å²) in [7, 11) is 0. The smallest absolute Gasteiger partial charge is 0.136 e. The monoisotopic (exact) mass is 363 g/mol. The number of fused-ring (bicyclic) bond motifs is 1. The Hall–Kier alpha value is -2.99. The Morgan fingerprint density at radius 1 is 1.07 bits per heavy atom. The van der Waals surface area contributed by atoms with Crippen LogP contribution in [0.25, 0.3) is 11.3 Å². The molecule has 0 amide bonds. The molecule has 0 fully saturated rings. The number of hydrogen-bond donors (Lipinski definition) is 1. The van der Waals surface area contributed by atoms with Crippen molar-refractivity contribution < 1.29 is 4.39 Å². The van der Waals surface area contributed by atoms with Crippen LogP contribution >= 0.6 is 0 Å². The summed E-state index contributed by atoms with van der Waals surface area (Å²) in [5.74, 6) is -0.242. The fourth-order valence-corrected chi connectivity index (χ4v) is 3.30. The Bertz CT molecular complexity index is 1030. The molecule has 4 aromatic rings. The quantitative estimate of drug-likeness (QED) is 0.533. The van der Waals surface area contributed by atoms with E-state index < -0.39 is 0 Å². The van der Waals surface area contributed by atoms with Gasteiger partial charge >= 0.3 is 0 Å². The van der Waals surface area contributed by atoms with Gasteiger partial charge in [0.15, 0.2) is 0 Å². The van der Waals surface area contributed by atoms with Crippen molar-refractivity contribution in [3.05, 3.63) is 83.3 Å². The maximum absolute atomic E-state index is 13.2. The zero-order valence-corrected chi connectivity index (χ0v) is 15.5. The van der Waals surface area contributed by atoms with Gasteiger partial charge in [-0.05, 0) is 50.2 Å². The number of nitrogens with zero attached hydrogens (tertiary/aromatic N) is 4. The first-order chi connectivity index (χ1) is 13.1. The maximum atomic E-state index is 13.2. The summed E-state index contributed by atoms with van der Waals surface area (Å²) in [5, 5.41) is 8.10. The van der Waals surface area contributed by atoms with Gasteiger partial charge in [0.25, 0.3) is 0 Å². The molecule has 0 spiro atoms. The third kappa shape index (κ3) is 3.61. The van der Waals surface area contributed by atoms with E-state index in [4.69, 9.17) is 0 Å². The van der Waals surface area contributed by atoms with Crippen molar-refractivity contribution in [2.24, 2.45) is 0 Å². The van der Waals surface area contributed by atoms with Crippen LogP contribution in [-0.4, -0.2) is 25.7 Å². The molecule has 27 heavy (non-hydrogen) atoms. The van der Waals surface area contributed by atoms with Gasteiger partial charge < -0.3 is 9.72 Å². The first kappa shape index (κ1) is 17.4. The second kappa shape index (κ2) is 7.32. The molecule has 4 rings (SSSR count). The number of halogens is 1. The summed E-state index contributed by atoms with van der Waals surface area (Å²) >= 11 is 0. The standard InChI is InChI=1S/C21H22FN5/c1-15-20(16(2)27(25-15)19-8-6-17(22)7-9-19)13-23-11-10-18-14-26-12-4-3-5-21(26)24-18/h3-9,12,14,23H,10-11,13H2,1-2H3. The predicted molar refractivity (Wildman–Crippen MR) is 104 cm³/mol. The van der Waals surface area contributed by atoms with E-state index in [2.05, 4.69) is 21.6 Å². The number of aryl methyl sites for hydroxylation is 1. The van der Waals surface area contributed by atoms with E-state index in [9.17, 15) is 4.39 Å². The Morgan fingerprint density at radius 2 is 1.89 bits per heavy atom. The average Bonchev–Trinajstić information content (AvgIpc) is 3.20. The predicted octanol–water partition coefficient (Wildman–Crippen LogP) is 3.61. The van der Waals surface area contributed by atoms with Crippen LogP contribution in [0.1, 0.15) is 22.6 Å². The largest absolute Gasteiger partial charge is 0.312 e. The van der Waals surface area contributed by atoms with Crippen LogP contribution < -0.4 is 5.32 Å². The van der Waals surface area contributed by atoms with Crippen molar-refractivity contribution >= 4 is 5.65 Å². The van der Waals surface area contributed by atoms with Crippen molar-refractivity contribution in [3.63, 3.8) is 0 Å². The van der Waals surface area contributed by atoms with E-state index in [1.807, 2.05) is 47.3 Å². The molecule has 0 aliphatic heterocycles. The van der Waals surface area contributed by atoms with Crippen LogP contribution in [0.5, 0.6) is 0 Å². The second-order valence-corrected chi connectivity index (χ2v) is 6.66. The van der Waals surface area contributed by atoms with Crippen molar-refractivity contribution in [1.29, 1.82) is 0 Å². The molecule has 0 bridgehead atoms. The molecule has 0 saturated carbocycles. The van der Waals surface area contributed by atoms with E-state index in [1.165, 1.54) is 17.7 Å². The first-order valence-corrected chi connectivity index (χ1v) is 9.06. The topological polar surface area (TPSA) is 47.2 Å². The summed E-state index contributed by atoms with van der Waals surface area (Å²) in [6, 6.07) is 12.4. The SMILES string of the molecule is Cc1nn(-c2ccc(F)cc2)c(C)c1CNCCc1cn2ccccc2n1. The van der Waals surface area contributed by atoms with Crippen LogP contribution in [0.3, 0.4) is 0 Å². The number of rotatable bonds is 6. The van der Waals surface area contributed by atoms with E-state index in [-0.39, 0.29) is 5.82 Å². The fourth-order valence-electron chi connectivity index (χ4n) is 3.30. The molecule has 0 atom stereocenters. The number of aromatic nitrogens is 4. The van der Waals surface area contributed by atoms with E-state index in [0.29, 0.717) is 0 Å². The van der Waals surface area contributed by atoms with Gasteiger partial charge in [-0.2, -0.15) is 5.10 Å². The fraction of sp³-hybridized carbons (Fsp3) is 0.238. The lowest BCUT2D eigenvalue weighted by molar-refractivity contribution is 0.627. The van der Waals surface area contributed by atoms with Crippen molar-refractivity contribution in [2.45, 2.75) is 26.8 Å². The van der Waals surface area contributed by atoms with Crippen molar-refractivity contribution in [2.75, 3.05) is 6.54 Å². The lowest BCUT2D eigenvalue weighted by Crippen LogP contribution is -2.17. The van der Waals surface area contributed by atoms with E-state index in [0.717, 1.165) is 47.9 Å². The Morgan fingerprint density at radius 3 is 2.67 bits per heavy atom. The minimum absolute atomic E-state index is 0.242. The summed E-state index contributed by atoms with van der Waals surface area (Å²) in [5.41, 5.74) is 6.14. The highest BCUT2D eigenvalue weighted by atomic mass is 19.1. The molecule has 1 N–H and O–H groups in total. The molecule has 0 unspecified atom stereocenters. The van der Waals surface area contributed by atoms with Gasteiger partial charge in [-0.25, -0.2) is 14.1 Å². The highest BCUT2D eigenvalue weighted by Gasteiger charge is 2.12. The van der Waals surface area contributed by atoms with Crippen LogP contribution in [0, 0.1) is 19.7 Å². The molecule has 1 aromatic carbocycles. The Labute approximate surface area is 157 Å². The maximum Gasteiger partial charge on any atom is 0.136 e. The molecule has 5 nitrogen and oxygen atoms in total. The molecule has 3 heterocycles. The summed E-state index contributed by atoms with van der Waals surface area (Å²) in [4.78, 5) is 4.62. The summed E-state index contributed by atoms with van der Waals surface area (Å²) < 4.78 is 17.1. The zero-order valence-electron chi connectivity index (χ0n) is 15.5. The van der Waals surface area contributed by atoms with Gasteiger partial charge in [-0.3, -0.25) is 0 Å². The highest BCUT2D eigenvalue weighted by molar-refractivity contribution is 5.39. The number of pyridine rings is 1. The molecular weight excluding hydrogens is 341 g/mol. The molecular formula is C21H22FN5. The number of benzene rings is 1. The van der Waals surface area contributed by atoms with Gasteiger partial charge in [0.1, 0.15) is 11.5 Å². The number of nitrogens with one attached hydrogen (secondary N) is 1. The van der Waals surface area contributed by atoms with Crippen LogP contribution in [0.4, 0.5) is 4.39 Å². The molecule has 0 saturated heterocycles. The lowest BCUT2D eigenvalue weighted by Gasteiger charge is -2.06. The first-order valence-electron chi connectivity index (χ1n) is 9.06. The number of hydrogen-bond acceptors (Lipinski definition) is 3. The summed E-state index contributed by atoms with van der Waals surface area (Å²) in [6.45, 7) is 5.63. The van der Waals surface area contributed by atoms with Gasteiger partial charge in [0, 0.05) is 43.2 Å². The van der Waals surface area contributed by atoms with E-state index in [1.54, 1.807) is 12.1 Å². The van der Waals surface area contributed by atoms with Gasteiger partial charge in [-0.1, -0.05) is 6.07 Å². The third-order valence-electron chi connectivity index (χ3n) is 4.79. The van der Waals surface area contributed by atoms with E-state index >= 15 is 0 Å². The Balaban J connectivity index is 1.40. The molecule has 6 heteroatoms. The normalized spacial score (nSPS) is 11.4. The zero-order chi connectivity index (χ0) is 18.8. The molecule has 138 valence electrons. The minimum atomic E-state index is -0.242. The van der Waals surface area contributed by atoms with Crippen LogP contribution in [-0.2, 0) is 13.0 Å². The average molecular weight is 363 g/mol. The Kier molecular flexibility index (Phi) is 4.73. The second-order valence-electron chi connectivity index (χ2n) is 6.66. The number of imidazole rings is 1. The highest BCUT2D eigenvalue weighted by Crippen LogP contribution is 2.18. The van der Waals surface area contributed by atoms with Crippen LogP contribution in [0.15, 0.2) is 54.9 Å². The molecule has 0 aliphatic rings. The van der Waals surface area contributed by atoms with Crippen molar-refractivity contribution in [3.8, 4) is 5.69 Å². The van der Waals surface area contributed by atoms with Gasteiger partial charge in [0.2, 0.25) is 0 Å². The molecule has 3 aromatic heterocycles. The molecule has 0 radical (unpaired) electrons. The summed E-state index contributed by atoms with van der Waals surface area (Å²) in [6.07, 6.45) is 4.95. The van der Waals surface area contributed by atoms with Gasteiger partial charge in [0.05, 0.1) is 17.1 Å². The van der Waals surface area contributed by atoms with Gasteiger partial charge in [-0.15, -0.1) is 0 Å². The minimum Gasteiger partial charge on any atom is -0.312 e. The lowest BCUT2D eigenvalue weighted by atomic mass is 10.2. The van der Waals surface area contributed by atoms with Crippen LogP contribution in [0.2, 0.25) is 0 Å².